The minimum Gasteiger partial charge on any atom is -0.383 e. The lowest BCUT2D eigenvalue weighted by Crippen LogP contribution is -2.38. The number of aromatic nitrogens is 4. The maximum absolute atomic E-state index is 12.8. The van der Waals surface area contributed by atoms with Crippen molar-refractivity contribution in [1.82, 2.24) is 29.6 Å². The molecule has 1 amide bonds. The molecule has 0 aliphatic carbocycles. The molecule has 0 saturated carbocycles. The van der Waals surface area contributed by atoms with Crippen LogP contribution in [0.2, 0.25) is 0 Å². The zero-order valence-corrected chi connectivity index (χ0v) is 17.0. The number of fused-ring (bicyclic) bond motifs is 1. The van der Waals surface area contributed by atoms with Gasteiger partial charge in [-0.2, -0.15) is 4.31 Å². The Labute approximate surface area is 168 Å². The fourth-order valence-electron chi connectivity index (χ4n) is 2.68. The quantitative estimate of drug-likeness (QED) is 0.534. The third-order valence-corrected chi connectivity index (χ3v) is 6.08. The maximum atomic E-state index is 12.8. The SMILES string of the molecule is COCCn1nnc2cc(S(=O)(=O)N(C)CC(=O)NCc3cccnc3)ccc21. The van der Waals surface area contributed by atoms with Crippen molar-refractivity contribution >= 4 is 27.0 Å². The molecule has 10 nitrogen and oxygen atoms in total. The predicted octanol–water partition coefficient (Wildman–Crippen LogP) is 0.410. The molecule has 154 valence electrons. The zero-order chi connectivity index (χ0) is 20.9. The van der Waals surface area contributed by atoms with E-state index in [0.29, 0.717) is 24.2 Å². The van der Waals surface area contributed by atoms with Gasteiger partial charge in [-0.15, -0.1) is 5.10 Å². The summed E-state index contributed by atoms with van der Waals surface area (Å²) in [6.45, 7) is 0.948. The van der Waals surface area contributed by atoms with Gasteiger partial charge in [-0.05, 0) is 29.8 Å². The van der Waals surface area contributed by atoms with Crippen molar-refractivity contribution in [3.8, 4) is 0 Å². The number of nitrogens with zero attached hydrogens (tertiary/aromatic N) is 5. The second-order valence-corrected chi connectivity index (χ2v) is 8.40. The first-order valence-corrected chi connectivity index (χ1v) is 10.3. The second-order valence-electron chi connectivity index (χ2n) is 6.35. The third-order valence-electron chi connectivity index (χ3n) is 4.28. The van der Waals surface area contributed by atoms with E-state index in [-0.39, 0.29) is 18.0 Å². The van der Waals surface area contributed by atoms with Gasteiger partial charge in [-0.25, -0.2) is 13.1 Å². The summed E-state index contributed by atoms with van der Waals surface area (Å²) >= 11 is 0. The van der Waals surface area contributed by atoms with Crippen molar-refractivity contribution in [2.24, 2.45) is 0 Å². The van der Waals surface area contributed by atoms with Gasteiger partial charge in [0.2, 0.25) is 15.9 Å². The van der Waals surface area contributed by atoms with Crippen LogP contribution in [0.25, 0.3) is 11.0 Å². The standard InChI is InChI=1S/C18H22N6O4S/c1-23(13-18(25)20-12-14-4-3-7-19-11-14)29(26,27)15-5-6-17-16(10-15)21-22-24(17)8-9-28-2/h3-7,10-11H,8-9,12-13H2,1-2H3,(H,20,25). The number of benzene rings is 1. The lowest BCUT2D eigenvalue weighted by molar-refractivity contribution is -0.121. The van der Waals surface area contributed by atoms with Crippen LogP contribution in [0.5, 0.6) is 0 Å². The highest BCUT2D eigenvalue weighted by Crippen LogP contribution is 2.20. The van der Waals surface area contributed by atoms with Gasteiger partial charge < -0.3 is 10.1 Å². The Kier molecular flexibility index (Phi) is 6.52. The fourth-order valence-corrected chi connectivity index (χ4v) is 3.83. The normalized spacial score (nSPS) is 11.8. The van der Waals surface area contributed by atoms with Crippen LogP contribution in [-0.2, 0) is 32.6 Å². The summed E-state index contributed by atoms with van der Waals surface area (Å²) < 4.78 is 33.3. The van der Waals surface area contributed by atoms with E-state index in [1.807, 2.05) is 6.07 Å². The monoisotopic (exact) mass is 418 g/mol. The number of methoxy groups -OCH3 is 1. The summed E-state index contributed by atoms with van der Waals surface area (Å²) in [6.07, 6.45) is 3.27. The van der Waals surface area contributed by atoms with E-state index >= 15 is 0 Å². The number of amides is 1. The molecule has 2 heterocycles. The smallest absolute Gasteiger partial charge is 0.243 e. The van der Waals surface area contributed by atoms with Crippen molar-refractivity contribution in [3.05, 3.63) is 48.3 Å². The van der Waals surface area contributed by atoms with Crippen molar-refractivity contribution in [2.75, 3.05) is 27.3 Å². The Hall–Kier alpha value is -2.89. The third kappa shape index (κ3) is 4.94. The molecule has 0 bridgehead atoms. The molecule has 0 aliphatic rings. The molecule has 0 unspecified atom stereocenters. The van der Waals surface area contributed by atoms with Crippen LogP contribution in [0.4, 0.5) is 0 Å². The molecule has 3 rings (SSSR count). The molecule has 0 atom stereocenters. The molecule has 0 radical (unpaired) electrons. The molecule has 1 N–H and O–H groups in total. The maximum Gasteiger partial charge on any atom is 0.243 e. The highest BCUT2D eigenvalue weighted by Gasteiger charge is 2.24. The van der Waals surface area contributed by atoms with Crippen molar-refractivity contribution in [1.29, 1.82) is 0 Å². The highest BCUT2D eigenvalue weighted by atomic mass is 32.2. The fraction of sp³-hybridized carbons (Fsp3) is 0.333. The number of carbonyl (C=O) groups excluding carboxylic acids is 1. The van der Waals surface area contributed by atoms with Gasteiger partial charge in [0.15, 0.2) is 0 Å². The summed E-state index contributed by atoms with van der Waals surface area (Å²) in [6, 6.07) is 8.16. The van der Waals surface area contributed by atoms with E-state index in [9.17, 15) is 13.2 Å². The van der Waals surface area contributed by atoms with Crippen LogP contribution < -0.4 is 5.32 Å². The molecule has 29 heavy (non-hydrogen) atoms. The lowest BCUT2D eigenvalue weighted by atomic mass is 10.3. The molecule has 0 saturated heterocycles. The molecule has 0 fully saturated rings. The Morgan fingerprint density at radius 1 is 1.31 bits per heavy atom. The van der Waals surface area contributed by atoms with Gasteiger partial charge in [0.25, 0.3) is 0 Å². The Morgan fingerprint density at radius 2 is 2.14 bits per heavy atom. The lowest BCUT2D eigenvalue weighted by Gasteiger charge is -2.17. The van der Waals surface area contributed by atoms with Gasteiger partial charge >= 0.3 is 0 Å². The van der Waals surface area contributed by atoms with Crippen LogP contribution in [0.1, 0.15) is 5.56 Å². The number of carbonyl (C=O) groups is 1. The Balaban J connectivity index is 1.68. The topological polar surface area (TPSA) is 119 Å². The van der Waals surface area contributed by atoms with Gasteiger partial charge in [-0.1, -0.05) is 11.3 Å². The molecule has 2 aromatic heterocycles. The average Bonchev–Trinajstić information content (AvgIpc) is 3.13. The van der Waals surface area contributed by atoms with E-state index in [1.165, 1.54) is 19.2 Å². The molecule has 3 aromatic rings. The molecule has 11 heteroatoms. The number of nitrogens with one attached hydrogen (secondary N) is 1. The van der Waals surface area contributed by atoms with Gasteiger partial charge in [-0.3, -0.25) is 9.78 Å². The number of rotatable bonds is 9. The van der Waals surface area contributed by atoms with Crippen molar-refractivity contribution in [3.63, 3.8) is 0 Å². The minimum atomic E-state index is -3.86. The molecular weight excluding hydrogens is 396 g/mol. The first kappa shape index (κ1) is 20.8. The zero-order valence-electron chi connectivity index (χ0n) is 16.1. The van der Waals surface area contributed by atoms with Crippen LogP contribution in [0.15, 0.2) is 47.6 Å². The summed E-state index contributed by atoms with van der Waals surface area (Å²) in [7, 11) is -0.908. The van der Waals surface area contributed by atoms with Crippen LogP contribution >= 0.6 is 0 Å². The first-order chi connectivity index (χ1) is 13.9. The Bertz CT molecular complexity index is 1080. The van der Waals surface area contributed by atoms with Crippen molar-refractivity contribution in [2.45, 2.75) is 18.0 Å². The summed E-state index contributed by atoms with van der Waals surface area (Å²) in [5.41, 5.74) is 1.99. The van der Waals surface area contributed by atoms with E-state index < -0.39 is 15.9 Å². The Morgan fingerprint density at radius 3 is 2.86 bits per heavy atom. The molecular formula is C18H22N6O4S. The van der Waals surface area contributed by atoms with E-state index in [2.05, 4.69) is 20.6 Å². The number of pyridine rings is 1. The molecule has 0 aliphatic heterocycles. The van der Waals surface area contributed by atoms with Gasteiger partial charge in [0.05, 0.1) is 30.1 Å². The predicted molar refractivity (Wildman–Crippen MR) is 105 cm³/mol. The van der Waals surface area contributed by atoms with Crippen LogP contribution in [0, 0.1) is 0 Å². The highest BCUT2D eigenvalue weighted by molar-refractivity contribution is 7.89. The summed E-state index contributed by atoms with van der Waals surface area (Å²) in [5.74, 6) is -0.411. The summed E-state index contributed by atoms with van der Waals surface area (Å²) in [5, 5.41) is 10.7. The minimum absolute atomic E-state index is 0.0475. The molecule has 1 aromatic carbocycles. The second kappa shape index (κ2) is 9.07. The number of ether oxygens (including phenoxy) is 1. The van der Waals surface area contributed by atoms with Crippen molar-refractivity contribution < 1.29 is 17.9 Å². The largest absolute Gasteiger partial charge is 0.383 e. The number of hydrogen-bond acceptors (Lipinski definition) is 7. The van der Waals surface area contributed by atoms with Crippen LogP contribution in [-0.4, -0.2) is 65.9 Å². The van der Waals surface area contributed by atoms with Gasteiger partial charge in [0.1, 0.15) is 5.52 Å². The first-order valence-electron chi connectivity index (χ1n) is 8.86. The van der Waals surface area contributed by atoms with E-state index in [4.69, 9.17) is 4.74 Å². The van der Waals surface area contributed by atoms with E-state index in [0.717, 1.165) is 9.87 Å². The van der Waals surface area contributed by atoms with E-state index in [1.54, 1.807) is 36.3 Å². The number of likely N-dealkylation sites (N-methyl/N-ethyl adjacent to an activating group) is 1. The summed E-state index contributed by atoms with van der Waals surface area (Å²) in [4.78, 5) is 16.2. The number of hydrogen-bond donors (Lipinski definition) is 1. The molecule has 0 spiro atoms. The number of sulfonamides is 1. The van der Waals surface area contributed by atoms with Gasteiger partial charge in [0, 0.05) is 33.1 Å². The van der Waals surface area contributed by atoms with Crippen LogP contribution in [0.3, 0.4) is 0 Å². The average molecular weight is 418 g/mol.